The van der Waals surface area contributed by atoms with Crippen LogP contribution in [0.1, 0.15) is 13.8 Å². The lowest BCUT2D eigenvalue weighted by atomic mass is 9.98. The maximum Gasteiger partial charge on any atom is 0.123 e. The SMILES string of the molecule is [CH2]NCC(C)C(C)C=O. The summed E-state index contributed by atoms with van der Waals surface area (Å²) in [7, 11) is 3.48. The Hall–Kier alpha value is -0.370. The van der Waals surface area contributed by atoms with Gasteiger partial charge in [0.25, 0.3) is 0 Å². The Bertz CT molecular complexity index is 83.0. The normalized spacial score (nSPS) is 16.8. The zero-order valence-electron chi connectivity index (χ0n) is 6.05. The first-order valence-electron chi connectivity index (χ1n) is 3.17. The van der Waals surface area contributed by atoms with E-state index in [-0.39, 0.29) is 5.92 Å². The summed E-state index contributed by atoms with van der Waals surface area (Å²) in [6, 6.07) is 0. The minimum Gasteiger partial charge on any atom is -0.315 e. The summed E-state index contributed by atoms with van der Waals surface area (Å²) in [5.74, 6) is 0.527. The molecule has 0 amide bonds. The van der Waals surface area contributed by atoms with Crippen LogP contribution in [-0.4, -0.2) is 12.8 Å². The van der Waals surface area contributed by atoms with Crippen molar-refractivity contribution >= 4 is 6.29 Å². The standard InChI is InChI=1S/C7H14NO/c1-6(4-8-3)7(2)5-9/h5-8H,3-4H2,1-2H3. The van der Waals surface area contributed by atoms with E-state index in [9.17, 15) is 4.79 Å². The third kappa shape index (κ3) is 3.25. The molecule has 0 aliphatic heterocycles. The predicted molar refractivity (Wildman–Crippen MR) is 37.8 cm³/mol. The number of nitrogens with one attached hydrogen (secondary N) is 1. The number of hydrogen-bond donors (Lipinski definition) is 1. The maximum absolute atomic E-state index is 10.2. The number of aldehydes is 1. The third-order valence-electron chi connectivity index (χ3n) is 1.58. The van der Waals surface area contributed by atoms with Crippen LogP contribution in [0.3, 0.4) is 0 Å². The quantitative estimate of drug-likeness (QED) is 0.568. The molecule has 1 radical (unpaired) electrons. The highest BCUT2D eigenvalue weighted by Gasteiger charge is 2.08. The second-order valence-corrected chi connectivity index (χ2v) is 2.43. The van der Waals surface area contributed by atoms with E-state index in [1.54, 1.807) is 0 Å². The molecule has 0 aliphatic rings. The van der Waals surface area contributed by atoms with E-state index in [1.165, 1.54) is 0 Å². The van der Waals surface area contributed by atoms with E-state index in [2.05, 4.69) is 12.4 Å². The van der Waals surface area contributed by atoms with Crippen LogP contribution in [0.25, 0.3) is 0 Å². The van der Waals surface area contributed by atoms with Crippen LogP contribution in [-0.2, 0) is 4.79 Å². The van der Waals surface area contributed by atoms with Gasteiger partial charge in [0.05, 0.1) is 0 Å². The van der Waals surface area contributed by atoms with Crippen LogP contribution < -0.4 is 5.32 Å². The molecule has 0 aliphatic carbocycles. The van der Waals surface area contributed by atoms with Crippen LogP contribution in [0.15, 0.2) is 0 Å². The molecular weight excluding hydrogens is 114 g/mol. The van der Waals surface area contributed by atoms with Crippen molar-refractivity contribution in [1.29, 1.82) is 0 Å². The summed E-state index contributed by atoms with van der Waals surface area (Å²) in [4.78, 5) is 10.2. The fourth-order valence-electron chi connectivity index (χ4n) is 0.548. The number of carbonyl (C=O) groups excluding carboxylic acids is 1. The van der Waals surface area contributed by atoms with Gasteiger partial charge in [0.1, 0.15) is 6.29 Å². The lowest BCUT2D eigenvalue weighted by molar-refractivity contribution is -0.111. The number of rotatable bonds is 4. The molecule has 2 heteroatoms. The molecular formula is C7H14NO. The molecule has 0 spiro atoms. The van der Waals surface area contributed by atoms with Gasteiger partial charge in [-0.05, 0) is 12.5 Å². The molecule has 2 nitrogen and oxygen atoms in total. The second-order valence-electron chi connectivity index (χ2n) is 2.43. The summed E-state index contributed by atoms with van der Waals surface area (Å²) in [5, 5.41) is 2.77. The molecule has 0 saturated carbocycles. The van der Waals surface area contributed by atoms with Gasteiger partial charge in [-0.1, -0.05) is 13.8 Å². The van der Waals surface area contributed by atoms with Crippen molar-refractivity contribution in [2.24, 2.45) is 11.8 Å². The van der Waals surface area contributed by atoms with E-state index >= 15 is 0 Å². The van der Waals surface area contributed by atoms with Crippen LogP contribution in [0.5, 0.6) is 0 Å². The average Bonchev–Trinajstić information content (AvgIpc) is 1.87. The van der Waals surface area contributed by atoms with Crippen LogP contribution >= 0.6 is 0 Å². The van der Waals surface area contributed by atoms with Gasteiger partial charge in [-0.25, -0.2) is 0 Å². The molecule has 0 rings (SSSR count). The summed E-state index contributed by atoms with van der Waals surface area (Å²) in [6.45, 7) is 4.74. The Morgan fingerprint density at radius 1 is 1.67 bits per heavy atom. The molecule has 0 bridgehead atoms. The Kier molecular flexibility index (Phi) is 4.32. The zero-order valence-corrected chi connectivity index (χ0v) is 6.05. The van der Waals surface area contributed by atoms with Gasteiger partial charge in [0, 0.05) is 13.0 Å². The summed E-state index contributed by atoms with van der Waals surface area (Å²) in [5.41, 5.74) is 0. The first-order valence-corrected chi connectivity index (χ1v) is 3.17. The van der Waals surface area contributed by atoms with E-state index in [0.29, 0.717) is 5.92 Å². The molecule has 53 valence electrons. The molecule has 0 aromatic heterocycles. The van der Waals surface area contributed by atoms with Gasteiger partial charge < -0.3 is 10.1 Å². The molecule has 0 heterocycles. The van der Waals surface area contributed by atoms with Crippen molar-refractivity contribution in [3.05, 3.63) is 7.05 Å². The van der Waals surface area contributed by atoms with Crippen molar-refractivity contribution in [3.63, 3.8) is 0 Å². The van der Waals surface area contributed by atoms with Crippen molar-refractivity contribution < 1.29 is 4.79 Å². The fourth-order valence-corrected chi connectivity index (χ4v) is 0.548. The molecule has 9 heavy (non-hydrogen) atoms. The van der Waals surface area contributed by atoms with E-state index in [1.807, 2.05) is 13.8 Å². The highest BCUT2D eigenvalue weighted by Crippen LogP contribution is 2.05. The minimum atomic E-state index is 0.138. The third-order valence-corrected chi connectivity index (χ3v) is 1.58. The highest BCUT2D eigenvalue weighted by molar-refractivity contribution is 5.53. The van der Waals surface area contributed by atoms with Gasteiger partial charge in [0.2, 0.25) is 0 Å². The van der Waals surface area contributed by atoms with Crippen molar-refractivity contribution in [2.75, 3.05) is 6.54 Å². The Labute approximate surface area is 56.6 Å². The summed E-state index contributed by atoms with van der Waals surface area (Å²) < 4.78 is 0. The lowest BCUT2D eigenvalue weighted by Crippen LogP contribution is -2.21. The van der Waals surface area contributed by atoms with Gasteiger partial charge in [-0.15, -0.1) is 0 Å². The van der Waals surface area contributed by atoms with Crippen molar-refractivity contribution in [1.82, 2.24) is 5.32 Å². The second kappa shape index (κ2) is 4.50. The Morgan fingerprint density at radius 3 is 2.56 bits per heavy atom. The van der Waals surface area contributed by atoms with Crippen LogP contribution in [0.2, 0.25) is 0 Å². The van der Waals surface area contributed by atoms with Gasteiger partial charge >= 0.3 is 0 Å². The van der Waals surface area contributed by atoms with Crippen molar-refractivity contribution in [3.8, 4) is 0 Å². The Balaban J connectivity index is 3.44. The van der Waals surface area contributed by atoms with E-state index in [4.69, 9.17) is 0 Å². The molecule has 0 fully saturated rings. The predicted octanol–water partition coefficient (Wildman–Crippen LogP) is 0.839. The zero-order chi connectivity index (χ0) is 7.28. The number of carbonyl (C=O) groups is 1. The molecule has 2 atom stereocenters. The minimum absolute atomic E-state index is 0.138. The average molecular weight is 128 g/mol. The van der Waals surface area contributed by atoms with Gasteiger partial charge in [-0.2, -0.15) is 0 Å². The largest absolute Gasteiger partial charge is 0.315 e. The molecule has 1 N–H and O–H groups in total. The molecule has 0 saturated heterocycles. The lowest BCUT2D eigenvalue weighted by Gasteiger charge is -2.12. The fraction of sp³-hybridized carbons (Fsp3) is 0.714. The topological polar surface area (TPSA) is 29.1 Å². The smallest absolute Gasteiger partial charge is 0.123 e. The Morgan fingerprint density at radius 2 is 2.22 bits per heavy atom. The summed E-state index contributed by atoms with van der Waals surface area (Å²) >= 11 is 0. The molecule has 0 aromatic carbocycles. The van der Waals surface area contributed by atoms with Gasteiger partial charge in [0.15, 0.2) is 0 Å². The maximum atomic E-state index is 10.2. The van der Waals surface area contributed by atoms with E-state index in [0.717, 1.165) is 12.8 Å². The van der Waals surface area contributed by atoms with E-state index < -0.39 is 0 Å². The van der Waals surface area contributed by atoms with Crippen LogP contribution in [0.4, 0.5) is 0 Å². The highest BCUT2D eigenvalue weighted by atomic mass is 16.1. The van der Waals surface area contributed by atoms with Crippen molar-refractivity contribution in [2.45, 2.75) is 13.8 Å². The number of hydrogen-bond acceptors (Lipinski definition) is 2. The molecule has 2 unspecified atom stereocenters. The van der Waals surface area contributed by atoms with Gasteiger partial charge in [-0.3, -0.25) is 0 Å². The molecule has 0 aromatic rings. The summed E-state index contributed by atoms with van der Waals surface area (Å²) in [6.07, 6.45) is 0.974. The first-order chi connectivity index (χ1) is 4.22. The monoisotopic (exact) mass is 128 g/mol. The van der Waals surface area contributed by atoms with Crippen LogP contribution in [0, 0.1) is 18.9 Å². The first kappa shape index (κ1) is 8.63.